The number of rotatable bonds is 3. The van der Waals surface area contributed by atoms with E-state index in [2.05, 4.69) is 20.2 Å². The lowest BCUT2D eigenvalue weighted by atomic mass is 10.2. The van der Waals surface area contributed by atoms with Gasteiger partial charge in [0.2, 0.25) is 5.91 Å². The molecular formula is C20H16ClFN4O. The topological polar surface area (TPSA) is 58.1 Å². The molecule has 3 atom stereocenters. The van der Waals surface area contributed by atoms with Crippen LogP contribution < -0.4 is 10.2 Å². The molecule has 0 radical (unpaired) electrons. The Labute approximate surface area is 160 Å². The summed E-state index contributed by atoms with van der Waals surface area (Å²) in [6.45, 7) is 1.48. The van der Waals surface area contributed by atoms with Crippen molar-refractivity contribution in [3.8, 4) is 0 Å². The van der Waals surface area contributed by atoms with Gasteiger partial charge in [0.05, 0.1) is 5.52 Å². The first-order valence-electron chi connectivity index (χ1n) is 8.82. The molecule has 0 bridgehead atoms. The fourth-order valence-electron chi connectivity index (χ4n) is 4.11. The van der Waals surface area contributed by atoms with Crippen LogP contribution in [0.1, 0.15) is 0 Å². The van der Waals surface area contributed by atoms with Gasteiger partial charge in [-0.3, -0.25) is 4.79 Å². The molecule has 5 rings (SSSR count). The quantitative estimate of drug-likeness (QED) is 0.749. The summed E-state index contributed by atoms with van der Waals surface area (Å²) in [5, 5.41) is 4.31. The minimum atomic E-state index is -0.303. The second-order valence-electron chi connectivity index (χ2n) is 7.11. The largest absolute Gasteiger partial charge is 0.355 e. The molecule has 7 heteroatoms. The molecule has 1 N–H and O–H groups in total. The lowest BCUT2D eigenvalue weighted by Gasteiger charge is -2.22. The number of amides is 1. The number of hydrogen-bond acceptors (Lipinski definition) is 4. The van der Waals surface area contributed by atoms with Gasteiger partial charge in [0.15, 0.2) is 0 Å². The van der Waals surface area contributed by atoms with E-state index in [-0.39, 0.29) is 17.6 Å². The summed E-state index contributed by atoms with van der Waals surface area (Å²) < 4.78 is 13.7. The normalized spacial score (nSPS) is 23.3. The highest BCUT2D eigenvalue weighted by molar-refractivity contribution is 6.30. The second-order valence-corrected chi connectivity index (χ2v) is 7.55. The van der Waals surface area contributed by atoms with E-state index >= 15 is 0 Å². The summed E-state index contributed by atoms with van der Waals surface area (Å²) in [6, 6.07) is 11.6. The van der Waals surface area contributed by atoms with Crippen molar-refractivity contribution in [3.05, 3.63) is 59.6 Å². The molecule has 1 aliphatic heterocycles. The van der Waals surface area contributed by atoms with E-state index in [9.17, 15) is 9.18 Å². The van der Waals surface area contributed by atoms with Crippen LogP contribution in [-0.4, -0.2) is 29.0 Å². The number of anilines is 2. The van der Waals surface area contributed by atoms with Crippen LogP contribution in [0.4, 0.5) is 15.9 Å². The van der Waals surface area contributed by atoms with Crippen LogP contribution in [0, 0.1) is 23.6 Å². The Morgan fingerprint density at radius 2 is 1.85 bits per heavy atom. The van der Waals surface area contributed by atoms with Crippen molar-refractivity contribution in [2.75, 3.05) is 23.3 Å². The molecule has 1 aromatic heterocycles. The van der Waals surface area contributed by atoms with E-state index in [0.717, 1.165) is 30.1 Å². The number of hydrogen-bond donors (Lipinski definition) is 1. The van der Waals surface area contributed by atoms with Crippen LogP contribution in [0.5, 0.6) is 0 Å². The summed E-state index contributed by atoms with van der Waals surface area (Å²) in [4.78, 5) is 23.2. The fourth-order valence-corrected chi connectivity index (χ4v) is 4.24. The molecule has 136 valence electrons. The number of benzene rings is 2. The van der Waals surface area contributed by atoms with Crippen molar-refractivity contribution in [1.29, 1.82) is 0 Å². The van der Waals surface area contributed by atoms with E-state index in [1.54, 1.807) is 30.3 Å². The molecule has 3 aromatic rings. The smallest absolute Gasteiger partial charge is 0.228 e. The number of fused-ring (bicyclic) bond motifs is 2. The predicted octanol–water partition coefficient (Wildman–Crippen LogP) is 3.74. The maximum atomic E-state index is 13.7. The first-order valence-corrected chi connectivity index (χ1v) is 9.19. The van der Waals surface area contributed by atoms with Gasteiger partial charge in [-0.1, -0.05) is 11.6 Å². The van der Waals surface area contributed by atoms with E-state index < -0.39 is 0 Å². The fraction of sp³-hybridized carbons (Fsp3) is 0.250. The molecule has 1 saturated carbocycles. The highest BCUT2D eigenvalue weighted by atomic mass is 35.5. The van der Waals surface area contributed by atoms with E-state index in [1.807, 2.05) is 0 Å². The summed E-state index contributed by atoms with van der Waals surface area (Å²) in [5.41, 5.74) is 1.47. The first kappa shape index (κ1) is 16.4. The van der Waals surface area contributed by atoms with Gasteiger partial charge in [-0.15, -0.1) is 0 Å². The maximum Gasteiger partial charge on any atom is 0.228 e. The molecule has 0 spiro atoms. The summed E-state index contributed by atoms with van der Waals surface area (Å²) in [6.07, 6.45) is 1.50. The highest BCUT2D eigenvalue weighted by Gasteiger charge is 2.59. The molecule has 1 aliphatic carbocycles. The lowest BCUT2D eigenvalue weighted by Crippen LogP contribution is -2.28. The zero-order valence-corrected chi connectivity index (χ0v) is 15.0. The van der Waals surface area contributed by atoms with E-state index in [4.69, 9.17) is 11.6 Å². The molecule has 1 saturated heterocycles. The Bertz CT molecular complexity index is 1030. The third kappa shape index (κ3) is 2.90. The van der Waals surface area contributed by atoms with Gasteiger partial charge in [0.1, 0.15) is 18.0 Å². The minimum Gasteiger partial charge on any atom is -0.355 e. The van der Waals surface area contributed by atoms with Crippen LogP contribution in [0.3, 0.4) is 0 Å². The molecule has 27 heavy (non-hydrogen) atoms. The Balaban J connectivity index is 1.29. The lowest BCUT2D eigenvalue weighted by molar-refractivity contribution is -0.117. The van der Waals surface area contributed by atoms with E-state index in [0.29, 0.717) is 22.2 Å². The van der Waals surface area contributed by atoms with Crippen LogP contribution in [0.25, 0.3) is 10.9 Å². The molecule has 2 aliphatic rings. The number of halogens is 2. The van der Waals surface area contributed by atoms with Gasteiger partial charge in [0.25, 0.3) is 0 Å². The number of carbonyl (C=O) groups excluding carboxylic acids is 1. The molecule has 1 amide bonds. The highest BCUT2D eigenvalue weighted by Crippen LogP contribution is 2.53. The molecule has 5 nitrogen and oxygen atoms in total. The maximum absolute atomic E-state index is 13.7. The van der Waals surface area contributed by atoms with Gasteiger partial charge >= 0.3 is 0 Å². The van der Waals surface area contributed by atoms with Gasteiger partial charge in [-0.25, -0.2) is 14.4 Å². The van der Waals surface area contributed by atoms with Gasteiger partial charge in [-0.2, -0.15) is 0 Å². The molecule has 2 aromatic carbocycles. The van der Waals surface area contributed by atoms with Crippen molar-refractivity contribution < 1.29 is 9.18 Å². The van der Waals surface area contributed by atoms with Crippen molar-refractivity contribution in [2.24, 2.45) is 17.8 Å². The van der Waals surface area contributed by atoms with Crippen molar-refractivity contribution in [1.82, 2.24) is 9.97 Å². The number of aromatic nitrogens is 2. The number of nitrogens with zero attached hydrogens (tertiary/aromatic N) is 3. The standard InChI is InChI=1S/C20H16ClFN4O/c21-11-1-4-13(5-2-11)25-20(27)18-15-8-26(9-16(15)18)19-14-7-12(22)3-6-17(14)23-10-24-19/h1-7,10,15-16,18H,8-9H2,(H,25,27)/t15-,16+,18?. The molecule has 1 unspecified atom stereocenters. The van der Waals surface area contributed by atoms with Crippen molar-refractivity contribution in [3.63, 3.8) is 0 Å². The third-order valence-corrected chi connectivity index (χ3v) is 5.74. The SMILES string of the molecule is O=C(Nc1ccc(Cl)cc1)C1[C@H]2CN(c3ncnc4ccc(F)cc34)C[C@@H]12. The molecular weight excluding hydrogens is 367 g/mol. The Morgan fingerprint density at radius 1 is 1.11 bits per heavy atom. The predicted molar refractivity (Wildman–Crippen MR) is 102 cm³/mol. The van der Waals surface area contributed by atoms with Crippen LogP contribution in [0.15, 0.2) is 48.8 Å². The van der Waals surface area contributed by atoms with E-state index in [1.165, 1.54) is 18.5 Å². The van der Waals surface area contributed by atoms with Crippen LogP contribution in [-0.2, 0) is 4.79 Å². The minimum absolute atomic E-state index is 0.0155. The summed E-state index contributed by atoms with van der Waals surface area (Å²) >= 11 is 5.87. The monoisotopic (exact) mass is 382 g/mol. The molecule has 2 fully saturated rings. The van der Waals surface area contributed by atoms with Gasteiger partial charge in [0, 0.05) is 35.1 Å². The zero-order chi connectivity index (χ0) is 18.5. The van der Waals surface area contributed by atoms with Gasteiger partial charge in [-0.05, 0) is 54.3 Å². The number of carbonyl (C=O) groups is 1. The Morgan fingerprint density at radius 3 is 2.59 bits per heavy atom. The second kappa shape index (κ2) is 6.16. The summed E-state index contributed by atoms with van der Waals surface area (Å²) in [5.74, 6) is 1.10. The number of piperidine rings is 1. The zero-order valence-electron chi connectivity index (χ0n) is 14.3. The Hall–Kier alpha value is -2.73. The summed E-state index contributed by atoms with van der Waals surface area (Å²) in [7, 11) is 0. The average Bonchev–Trinajstić information content (AvgIpc) is 3.17. The van der Waals surface area contributed by atoms with Crippen molar-refractivity contribution >= 4 is 39.9 Å². The third-order valence-electron chi connectivity index (χ3n) is 5.48. The molecule has 2 heterocycles. The average molecular weight is 383 g/mol. The van der Waals surface area contributed by atoms with Crippen molar-refractivity contribution in [2.45, 2.75) is 0 Å². The van der Waals surface area contributed by atoms with Crippen LogP contribution >= 0.6 is 11.6 Å². The Kier molecular flexibility index (Phi) is 3.75. The van der Waals surface area contributed by atoms with Gasteiger partial charge < -0.3 is 10.2 Å². The van der Waals surface area contributed by atoms with Crippen LogP contribution in [0.2, 0.25) is 5.02 Å². The first-order chi connectivity index (χ1) is 13.1. The number of nitrogens with one attached hydrogen (secondary N) is 1.